The van der Waals surface area contributed by atoms with Gasteiger partial charge in [0.1, 0.15) is 0 Å². The highest BCUT2D eigenvalue weighted by molar-refractivity contribution is 7.99. The molecule has 1 saturated heterocycles. The van der Waals surface area contributed by atoms with Gasteiger partial charge in [0.05, 0.1) is 19.8 Å². The Bertz CT molecular complexity index is 800. The average molecular weight is 430 g/mol. The Balaban J connectivity index is 1.81. The van der Waals surface area contributed by atoms with E-state index in [1.807, 2.05) is 43.5 Å². The summed E-state index contributed by atoms with van der Waals surface area (Å²) in [7, 11) is 0. The van der Waals surface area contributed by atoms with E-state index in [-0.39, 0.29) is 5.91 Å². The highest BCUT2D eigenvalue weighted by atomic mass is 32.2. The lowest BCUT2D eigenvalue weighted by Gasteiger charge is -2.22. The van der Waals surface area contributed by atoms with Crippen LogP contribution in [0.4, 0.5) is 0 Å². The summed E-state index contributed by atoms with van der Waals surface area (Å²) in [5, 5.41) is 0.419. The van der Waals surface area contributed by atoms with Crippen molar-refractivity contribution in [3.63, 3.8) is 0 Å². The summed E-state index contributed by atoms with van der Waals surface area (Å²) in [6.07, 6.45) is 0.939. The molecule has 0 aromatic heterocycles. The van der Waals surface area contributed by atoms with Crippen molar-refractivity contribution in [1.29, 1.82) is 0 Å². The highest BCUT2D eigenvalue weighted by Gasteiger charge is 2.25. The van der Waals surface area contributed by atoms with Gasteiger partial charge in [-0.2, -0.15) is 11.8 Å². The Labute approximate surface area is 183 Å². The molecule has 1 aliphatic heterocycles. The minimum atomic E-state index is 0.00858. The Morgan fingerprint density at radius 3 is 2.20 bits per heavy atom. The second-order valence-corrected chi connectivity index (χ2v) is 8.26. The van der Waals surface area contributed by atoms with Gasteiger partial charge >= 0.3 is 0 Å². The summed E-state index contributed by atoms with van der Waals surface area (Å²) in [5.41, 5.74) is 1.91. The number of rotatable bonds is 8. The zero-order chi connectivity index (χ0) is 21.3. The number of carbonyl (C=O) groups is 1. The first-order valence-electron chi connectivity index (χ1n) is 10.7. The third kappa shape index (κ3) is 5.42. The molecule has 1 heterocycles. The molecular formula is C24H31NO4S. The number of thioether (sulfide) groups is 1. The minimum absolute atomic E-state index is 0.00858. The number of amides is 1. The fourth-order valence-electron chi connectivity index (χ4n) is 3.60. The number of hydrogen-bond donors (Lipinski definition) is 0. The van der Waals surface area contributed by atoms with Crippen molar-refractivity contribution in [3.05, 3.63) is 53.6 Å². The van der Waals surface area contributed by atoms with Crippen LogP contribution >= 0.6 is 11.8 Å². The van der Waals surface area contributed by atoms with Gasteiger partial charge in [-0.1, -0.05) is 30.3 Å². The van der Waals surface area contributed by atoms with Gasteiger partial charge < -0.3 is 19.1 Å². The van der Waals surface area contributed by atoms with Crippen LogP contribution in [0.1, 0.15) is 48.4 Å². The van der Waals surface area contributed by atoms with Crippen molar-refractivity contribution in [1.82, 2.24) is 4.90 Å². The van der Waals surface area contributed by atoms with E-state index in [1.54, 1.807) is 12.1 Å². The number of nitrogens with zero attached hydrogens (tertiary/aromatic N) is 1. The molecular weight excluding hydrogens is 398 g/mol. The van der Waals surface area contributed by atoms with Crippen LogP contribution in [0.15, 0.2) is 42.5 Å². The molecule has 6 heteroatoms. The van der Waals surface area contributed by atoms with Gasteiger partial charge in [-0.25, -0.2) is 0 Å². The van der Waals surface area contributed by atoms with Gasteiger partial charge in [0.15, 0.2) is 11.5 Å². The molecule has 162 valence electrons. The van der Waals surface area contributed by atoms with Crippen molar-refractivity contribution in [2.75, 3.05) is 38.7 Å². The Morgan fingerprint density at radius 2 is 1.60 bits per heavy atom. The van der Waals surface area contributed by atoms with Gasteiger partial charge in [0.25, 0.3) is 5.91 Å². The van der Waals surface area contributed by atoms with Crippen LogP contribution < -0.4 is 14.2 Å². The molecule has 1 atom stereocenters. The Kier molecular flexibility index (Phi) is 8.31. The summed E-state index contributed by atoms with van der Waals surface area (Å²) >= 11 is 1.92. The monoisotopic (exact) mass is 429 g/mol. The molecule has 5 nitrogen and oxygen atoms in total. The molecule has 0 spiro atoms. The van der Waals surface area contributed by atoms with Crippen molar-refractivity contribution < 1.29 is 19.0 Å². The molecule has 1 aliphatic rings. The molecule has 0 radical (unpaired) electrons. The molecule has 3 rings (SSSR count). The summed E-state index contributed by atoms with van der Waals surface area (Å²) in [6, 6.07) is 14.1. The second kappa shape index (κ2) is 11.2. The van der Waals surface area contributed by atoms with E-state index in [4.69, 9.17) is 14.2 Å². The molecule has 30 heavy (non-hydrogen) atoms. The van der Waals surface area contributed by atoms with Crippen molar-refractivity contribution >= 4 is 17.7 Å². The van der Waals surface area contributed by atoms with Gasteiger partial charge in [0.2, 0.25) is 5.75 Å². The zero-order valence-electron chi connectivity index (χ0n) is 18.1. The number of ether oxygens (including phenoxy) is 3. The van der Waals surface area contributed by atoms with Crippen molar-refractivity contribution in [3.8, 4) is 17.2 Å². The van der Waals surface area contributed by atoms with Gasteiger partial charge in [-0.05, 0) is 44.9 Å². The average Bonchev–Trinajstić information content (AvgIpc) is 3.02. The van der Waals surface area contributed by atoms with Crippen molar-refractivity contribution in [2.24, 2.45) is 0 Å². The third-order valence-electron chi connectivity index (χ3n) is 4.96. The smallest absolute Gasteiger partial charge is 0.254 e. The lowest BCUT2D eigenvalue weighted by Crippen LogP contribution is -2.33. The second-order valence-electron chi connectivity index (χ2n) is 6.95. The SMILES string of the molecule is CCOc1cc(C(=O)N2CCS[C@H](c3ccccc3)CC2)cc(OCC)c1OCC. The first kappa shape index (κ1) is 22.3. The Hall–Kier alpha value is -2.34. The van der Waals surface area contributed by atoms with E-state index in [0.717, 1.165) is 25.3 Å². The first-order valence-corrected chi connectivity index (χ1v) is 11.7. The predicted molar refractivity (Wildman–Crippen MR) is 122 cm³/mol. The fourth-order valence-corrected chi connectivity index (χ4v) is 4.83. The molecule has 2 aromatic rings. The van der Waals surface area contributed by atoms with E-state index >= 15 is 0 Å². The molecule has 0 saturated carbocycles. The van der Waals surface area contributed by atoms with E-state index in [1.165, 1.54) is 5.56 Å². The van der Waals surface area contributed by atoms with E-state index < -0.39 is 0 Å². The van der Waals surface area contributed by atoms with Crippen molar-refractivity contribution in [2.45, 2.75) is 32.4 Å². The van der Waals surface area contributed by atoms with E-state index in [2.05, 4.69) is 24.3 Å². The van der Waals surface area contributed by atoms with Gasteiger partial charge in [-0.15, -0.1) is 0 Å². The topological polar surface area (TPSA) is 48.0 Å². The summed E-state index contributed by atoms with van der Waals surface area (Å²) in [5.74, 6) is 2.60. The highest BCUT2D eigenvalue weighted by Crippen LogP contribution is 2.40. The molecule has 0 bridgehead atoms. The standard InChI is InChI=1S/C24H31NO4S/c1-4-27-20-16-19(17-21(28-5-2)23(20)29-6-3)24(26)25-13-12-22(30-15-14-25)18-10-8-7-9-11-18/h7-11,16-17,22H,4-6,12-15H2,1-3H3/t22-/m0/s1. The quantitative estimate of drug-likeness (QED) is 0.577. The minimum Gasteiger partial charge on any atom is -0.490 e. The van der Waals surface area contributed by atoms with Crippen LogP contribution in [0.5, 0.6) is 17.2 Å². The molecule has 2 aromatic carbocycles. The largest absolute Gasteiger partial charge is 0.490 e. The maximum atomic E-state index is 13.3. The van der Waals surface area contributed by atoms with Gasteiger partial charge in [-0.3, -0.25) is 4.79 Å². The van der Waals surface area contributed by atoms with E-state index in [9.17, 15) is 4.79 Å². The maximum Gasteiger partial charge on any atom is 0.254 e. The number of carbonyl (C=O) groups excluding carboxylic acids is 1. The summed E-state index contributed by atoms with van der Waals surface area (Å²) < 4.78 is 17.3. The molecule has 0 unspecified atom stereocenters. The molecule has 1 amide bonds. The van der Waals surface area contributed by atoms with Crippen LogP contribution in [-0.2, 0) is 0 Å². The normalized spacial score (nSPS) is 16.6. The molecule has 1 fully saturated rings. The van der Waals surface area contributed by atoms with Crippen LogP contribution in [0.25, 0.3) is 0 Å². The van der Waals surface area contributed by atoms with E-state index in [0.29, 0.717) is 47.9 Å². The van der Waals surface area contributed by atoms with Gasteiger partial charge in [0, 0.05) is 29.7 Å². The fraction of sp³-hybridized carbons (Fsp3) is 0.458. The zero-order valence-corrected chi connectivity index (χ0v) is 18.9. The molecule has 0 aliphatic carbocycles. The summed E-state index contributed by atoms with van der Waals surface area (Å²) in [6.45, 7) is 8.69. The lowest BCUT2D eigenvalue weighted by atomic mass is 10.1. The third-order valence-corrected chi connectivity index (χ3v) is 6.28. The number of hydrogen-bond acceptors (Lipinski definition) is 5. The first-order chi connectivity index (χ1) is 14.7. The predicted octanol–water partition coefficient (Wildman–Crippen LogP) is 5.20. The molecule has 0 N–H and O–H groups in total. The van der Waals surface area contributed by atoms with Crippen LogP contribution in [0.3, 0.4) is 0 Å². The number of benzene rings is 2. The Morgan fingerprint density at radius 1 is 0.967 bits per heavy atom. The lowest BCUT2D eigenvalue weighted by molar-refractivity contribution is 0.0765. The maximum absolute atomic E-state index is 13.3. The van der Waals surface area contributed by atoms with Crippen LogP contribution in [0, 0.1) is 0 Å². The van der Waals surface area contributed by atoms with Crippen LogP contribution in [0.2, 0.25) is 0 Å². The van der Waals surface area contributed by atoms with Crippen LogP contribution in [-0.4, -0.2) is 49.5 Å². The summed E-state index contributed by atoms with van der Waals surface area (Å²) in [4.78, 5) is 15.3.